The van der Waals surface area contributed by atoms with E-state index in [1.54, 1.807) is 32.9 Å². The summed E-state index contributed by atoms with van der Waals surface area (Å²) in [6.45, 7) is 5.70. The van der Waals surface area contributed by atoms with Gasteiger partial charge in [0.2, 0.25) is 10.0 Å². The standard InChI is InChI=1S/C19H23ClN2O3S/c1-13(2)22-26(24,25)17-8-7-14(3)18(12-17)19(23)21-10-9-15-5-4-6-16(20)11-15/h4-8,11-13,22H,9-10H2,1-3H3,(H,21,23). The van der Waals surface area contributed by atoms with Gasteiger partial charge in [-0.15, -0.1) is 0 Å². The highest BCUT2D eigenvalue weighted by molar-refractivity contribution is 7.89. The van der Waals surface area contributed by atoms with Crippen LogP contribution < -0.4 is 10.0 Å². The number of benzene rings is 2. The van der Waals surface area contributed by atoms with Crippen LogP contribution in [0.25, 0.3) is 0 Å². The Hall–Kier alpha value is -1.89. The van der Waals surface area contributed by atoms with Crippen molar-refractivity contribution in [2.24, 2.45) is 0 Å². The first-order chi connectivity index (χ1) is 12.2. The summed E-state index contributed by atoms with van der Waals surface area (Å²) in [6.07, 6.45) is 0.637. The van der Waals surface area contributed by atoms with E-state index in [4.69, 9.17) is 11.6 Å². The molecule has 0 aliphatic carbocycles. The highest BCUT2D eigenvalue weighted by Gasteiger charge is 2.18. The van der Waals surface area contributed by atoms with Gasteiger partial charge in [0.1, 0.15) is 0 Å². The van der Waals surface area contributed by atoms with Crippen LogP contribution in [0.1, 0.15) is 35.3 Å². The fourth-order valence-electron chi connectivity index (χ4n) is 2.50. The molecular formula is C19H23ClN2O3S. The molecule has 0 bridgehead atoms. The van der Waals surface area contributed by atoms with Crippen molar-refractivity contribution in [2.45, 2.75) is 38.1 Å². The van der Waals surface area contributed by atoms with E-state index in [-0.39, 0.29) is 16.8 Å². The quantitative estimate of drug-likeness (QED) is 0.756. The van der Waals surface area contributed by atoms with E-state index in [0.29, 0.717) is 29.1 Å². The zero-order chi connectivity index (χ0) is 19.3. The molecule has 2 aromatic rings. The van der Waals surface area contributed by atoms with Crippen LogP contribution in [0.3, 0.4) is 0 Å². The van der Waals surface area contributed by atoms with Gasteiger partial charge in [0, 0.05) is 23.2 Å². The first-order valence-corrected chi connectivity index (χ1v) is 10.2. The van der Waals surface area contributed by atoms with Gasteiger partial charge in [-0.1, -0.05) is 29.8 Å². The fourth-order valence-corrected chi connectivity index (χ4v) is 3.99. The molecule has 0 saturated carbocycles. The molecule has 0 saturated heterocycles. The lowest BCUT2D eigenvalue weighted by Crippen LogP contribution is -2.31. The van der Waals surface area contributed by atoms with E-state index in [0.717, 1.165) is 5.56 Å². The number of halogens is 1. The summed E-state index contributed by atoms with van der Waals surface area (Å²) in [5, 5.41) is 3.48. The maximum atomic E-state index is 12.5. The first kappa shape index (κ1) is 20.4. The average molecular weight is 395 g/mol. The number of rotatable bonds is 7. The van der Waals surface area contributed by atoms with Crippen molar-refractivity contribution in [1.82, 2.24) is 10.0 Å². The summed E-state index contributed by atoms with van der Waals surface area (Å²) in [5.41, 5.74) is 2.09. The summed E-state index contributed by atoms with van der Waals surface area (Å²) >= 11 is 5.95. The number of sulfonamides is 1. The van der Waals surface area contributed by atoms with Crippen molar-refractivity contribution in [2.75, 3.05) is 6.54 Å². The number of hydrogen-bond acceptors (Lipinski definition) is 3. The molecule has 0 aromatic heterocycles. The van der Waals surface area contributed by atoms with Crippen molar-refractivity contribution in [3.8, 4) is 0 Å². The number of carbonyl (C=O) groups is 1. The maximum Gasteiger partial charge on any atom is 0.251 e. The second-order valence-corrected chi connectivity index (χ2v) is 8.54. The number of hydrogen-bond donors (Lipinski definition) is 2. The van der Waals surface area contributed by atoms with Gasteiger partial charge >= 0.3 is 0 Å². The molecule has 7 heteroatoms. The van der Waals surface area contributed by atoms with Gasteiger partial charge in [-0.2, -0.15) is 0 Å². The van der Waals surface area contributed by atoms with Crippen LogP contribution in [0.4, 0.5) is 0 Å². The van der Waals surface area contributed by atoms with Crippen LogP contribution in [-0.4, -0.2) is 26.9 Å². The van der Waals surface area contributed by atoms with Gasteiger partial charge in [-0.3, -0.25) is 4.79 Å². The molecule has 0 aliphatic rings. The first-order valence-electron chi connectivity index (χ1n) is 8.34. The molecule has 0 heterocycles. The molecular weight excluding hydrogens is 372 g/mol. The molecule has 140 valence electrons. The summed E-state index contributed by atoms with van der Waals surface area (Å²) < 4.78 is 27.1. The lowest BCUT2D eigenvalue weighted by molar-refractivity contribution is 0.0953. The lowest BCUT2D eigenvalue weighted by atomic mass is 10.1. The summed E-state index contributed by atoms with van der Waals surface area (Å²) in [5.74, 6) is -0.300. The molecule has 5 nitrogen and oxygen atoms in total. The third kappa shape index (κ3) is 5.56. The topological polar surface area (TPSA) is 75.3 Å². The van der Waals surface area contributed by atoms with Crippen molar-refractivity contribution in [3.05, 3.63) is 64.2 Å². The number of aryl methyl sites for hydroxylation is 1. The largest absolute Gasteiger partial charge is 0.352 e. The maximum absolute atomic E-state index is 12.5. The minimum atomic E-state index is -3.65. The average Bonchev–Trinajstić information content (AvgIpc) is 2.53. The predicted molar refractivity (Wildman–Crippen MR) is 104 cm³/mol. The van der Waals surface area contributed by atoms with Crippen molar-refractivity contribution in [3.63, 3.8) is 0 Å². The van der Waals surface area contributed by atoms with Crippen molar-refractivity contribution < 1.29 is 13.2 Å². The number of amides is 1. The number of nitrogens with one attached hydrogen (secondary N) is 2. The van der Waals surface area contributed by atoms with Gasteiger partial charge in [-0.05, 0) is 62.6 Å². The molecule has 0 fully saturated rings. The Morgan fingerprint density at radius 3 is 2.54 bits per heavy atom. The van der Waals surface area contributed by atoms with E-state index in [1.807, 2.05) is 18.2 Å². The number of carbonyl (C=O) groups excluding carboxylic acids is 1. The Kier molecular flexibility index (Phi) is 6.81. The minimum Gasteiger partial charge on any atom is -0.352 e. The second kappa shape index (κ2) is 8.66. The van der Waals surface area contributed by atoms with Crippen LogP contribution >= 0.6 is 11.6 Å². The Bertz CT molecular complexity index is 895. The molecule has 0 radical (unpaired) electrons. The van der Waals surface area contributed by atoms with Crippen molar-refractivity contribution in [1.29, 1.82) is 0 Å². The summed E-state index contributed by atoms with van der Waals surface area (Å²) in [4.78, 5) is 12.6. The fraction of sp³-hybridized carbons (Fsp3) is 0.316. The molecule has 2 N–H and O–H groups in total. The third-order valence-corrected chi connectivity index (χ3v) is 5.63. The van der Waals surface area contributed by atoms with Gasteiger partial charge < -0.3 is 5.32 Å². The SMILES string of the molecule is Cc1ccc(S(=O)(=O)NC(C)C)cc1C(=O)NCCc1cccc(Cl)c1. The van der Waals surface area contributed by atoms with E-state index >= 15 is 0 Å². The highest BCUT2D eigenvalue weighted by Crippen LogP contribution is 2.16. The van der Waals surface area contributed by atoms with Crippen LogP contribution in [-0.2, 0) is 16.4 Å². The molecule has 0 spiro atoms. The van der Waals surface area contributed by atoms with E-state index in [2.05, 4.69) is 10.0 Å². The molecule has 2 rings (SSSR count). The Morgan fingerprint density at radius 2 is 1.88 bits per heavy atom. The molecule has 0 aliphatic heterocycles. The predicted octanol–water partition coefficient (Wildman–Crippen LogP) is 3.31. The smallest absolute Gasteiger partial charge is 0.251 e. The molecule has 0 atom stereocenters. The second-order valence-electron chi connectivity index (χ2n) is 6.39. The van der Waals surface area contributed by atoms with Crippen molar-refractivity contribution >= 4 is 27.5 Å². The zero-order valence-electron chi connectivity index (χ0n) is 15.0. The molecule has 26 heavy (non-hydrogen) atoms. The van der Waals surface area contributed by atoms with Gasteiger partial charge in [-0.25, -0.2) is 13.1 Å². The lowest BCUT2D eigenvalue weighted by Gasteiger charge is -2.12. The normalized spacial score (nSPS) is 11.6. The van der Waals surface area contributed by atoms with E-state index in [9.17, 15) is 13.2 Å². The Morgan fingerprint density at radius 1 is 1.15 bits per heavy atom. The zero-order valence-corrected chi connectivity index (χ0v) is 16.6. The molecule has 0 unspecified atom stereocenters. The summed E-state index contributed by atoms with van der Waals surface area (Å²) in [7, 11) is -3.65. The third-order valence-electron chi connectivity index (χ3n) is 3.74. The monoisotopic (exact) mass is 394 g/mol. The summed E-state index contributed by atoms with van der Waals surface area (Å²) in [6, 6.07) is 11.8. The van der Waals surface area contributed by atoms with Crippen LogP contribution in [0.2, 0.25) is 5.02 Å². The Balaban J connectivity index is 2.09. The van der Waals surface area contributed by atoms with Crippen LogP contribution in [0.5, 0.6) is 0 Å². The van der Waals surface area contributed by atoms with Gasteiger partial charge in [0.25, 0.3) is 5.91 Å². The molecule has 1 amide bonds. The molecule has 2 aromatic carbocycles. The van der Waals surface area contributed by atoms with Gasteiger partial charge in [0.15, 0.2) is 0 Å². The van der Waals surface area contributed by atoms with Crippen LogP contribution in [0, 0.1) is 6.92 Å². The van der Waals surface area contributed by atoms with Crippen LogP contribution in [0.15, 0.2) is 47.4 Å². The van der Waals surface area contributed by atoms with E-state index < -0.39 is 10.0 Å². The van der Waals surface area contributed by atoms with Gasteiger partial charge in [0.05, 0.1) is 4.90 Å². The van der Waals surface area contributed by atoms with E-state index in [1.165, 1.54) is 12.1 Å². The Labute approximate surface area is 159 Å². The minimum absolute atomic E-state index is 0.0804. The highest BCUT2D eigenvalue weighted by atomic mass is 35.5.